The zero-order chi connectivity index (χ0) is 27.1. The van der Waals surface area contributed by atoms with Crippen LogP contribution < -0.4 is 4.74 Å². The number of rotatable bonds is 10. The summed E-state index contributed by atoms with van der Waals surface area (Å²) < 4.78 is 5.80. The largest absolute Gasteiger partial charge is 0.491 e. The molecule has 0 amide bonds. The molecule has 0 aliphatic rings. The van der Waals surface area contributed by atoms with Crippen LogP contribution in [-0.4, -0.2) is 40.1 Å². The summed E-state index contributed by atoms with van der Waals surface area (Å²) in [6.45, 7) is 14.4. The molecule has 0 bridgehead atoms. The summed E-state index contributed by atoms with van der Waals surface area (Å²) in [6.07, 6.45) is 0.410. The van der Waals surface area contributed by atoms with Crippen molar-refractivity contribution in [1.82, 2.24) is 0 Å². The first-order chi connectivity index (χ1) is 16.8. The molecule has 196 valence electrons. The van der Waals surface area contributed by atoms with Gasteiger partial charge in [-0.05, 0) is 72.9 Å². The fourth-order valence-corrected chi connectivity index (χ4v) is 4.37. The predicted molar refractivity (Wildman–Crippen MR) is 144 cm³/mol. The van der Waals surface area contributed by atoms with Crippen molar-refractivity contribution >= 4 is 5.97 Å². The van der Waals surface area contributed by atoms with Gasteiger partial charge in [-0.1, -0.05) is 70.7 Å². The number of aryl methyl sites for hydroxylation is 2. The molecule has 0 saturated carbocycles. The molecular formula is C31H42O5. The number of hydrogen-bond acceptors (Lipinski definition) is 4. The SMILES string of the molecule is CCC(CC)(c1ccc(C#CC(O)C(C)(C)C)c(C)c1)c1ccc(OC[C@H](O)CCC(=O)O)c(C)c1. The van der Waals surface area contributed by atoms with Gasteiger partial charge in [0.2, 0.25) is 0 Å². The molecule has 0 heterocycles. The Bertz CT molecular complexity index is 1100. The van der Waals surface area contributed by atoms with E-state index in [0.29, 0.717) is 5.75 Å². The molecule has 0 spiro atoms. The van der Waals surface area contributed by atoms with Crippen molar-refractivity contribution in [3.63, 3.8) is 0 Å². The Balaban J connectivity index is 2.31. The van der Waals surface area contributed by atoms with Gasteiger partial charge in [0, 0.05) is 17.4 Å². The molecule has 0 fully saturated rings. The highest BCUT2D eigenvalue weighted by Gasteiger charge is 2.31. The van der Waals surface area contributed by atoms with Crippen LogP contribution in [0.25, 0.3) is 0 Å². The molecule has 2 aromatic carbocycles. The van der Waals surface area contributed by atoms with E-state index in [9.17, 15) is 15.0 Å². The fourth-order valence-electron chi connectivity index (χ4n) is 4.37. The van der Waals surface area contributed by atoms with Gasteiger partial charge in [-0.15, -0.1) is 0 Å². The summed E-state index contributed by atoms with van der Waals surface area (Å²) in [5, 5.41) is 29.1. The summed E-state index contributed by atoms with van der Waals surface area (Å²) in [5.41, 5.74) is 4.94. The zero-order valence-corrected chi connectivity index (χ0v) is 22.8. The lowest BCUT2D eigenvalue weighted by molar-refractivity contribution is -0.137. The van der Waals surface area contributed by atoms with Gasteiger partial charge in [-0.2, -0.15) is 0 Å². The van der Waals surface area contributed by atoms with E-state index in [0.717, 1.165) is 29.5 Å². The normalized spacial score (nSPS) is 13.5. The van der Waals surface area contributed by atoms with Crippen LogP contribution in [0.15, 0.2) is 36.4 Å². The Kier molecular flexibility index (Phi) is 10.2. The summed E-state index contributed by atoms with van der Waals surface area (Å²) in [6, 6.07) is 12.6. The molecule has 0 aromatic heterocycles. The number of carbonyl (C=O) groups is 1. The first kappa shape index (κ1) is 29.4. The summed E-state index contributed by atoms with van der Waals surface area (Å²) in [7, 11) is 0. The Morgan fingerprint density at radius 1 is 0.972 bits per heavy atom. The molecule has 3 N–H and O–H groups in total. The highest BCUT2D eigenvalue weighted by Crippen LogP contribution is 2.41. The number of carboxylic acids is 1. The molecule has 0 aliphatic heterocycles. The van der Waals surface area contributed by atoms with Gasteiger partial charge in [0.05, 0.1) is 6.10 Å². The van der Waals surface area contributed by atoms with Crippen LogP contribution in [0.4, 0.5) is 0 Å². The van der Waals surface area contributed by atoms with Gasteiger partial charge in [-0.25, -0.2) is 0 Å². The van der Waals surface area contributed by atoms with E-state index in [1.54, 1.807) is 0 Å². The molecular weight excluding hydrogens is 452 g/mol. The van der Waals surface area contributed by atoms with Crippen LogP contribution in [0.1, 0.15) is 88.1 Å². The van der Waals surface area contributed by atoms with Gasteiger partial charge in [0.1, 0.15) is 18.5 Å². The third kappa shape index (κ3) is 7.35. The van der Waals surface area contributed by atoms with Crippen LogP contribution in [0.3, 0.4) is 0 Å². The Morgan fingerprint density at radius 3 is 2.06 bits per heavy atom. The topological polar surface area (TPSA) is 87.0 Å². The van der Waals surface area contributed by atoms with E-state index in [1.165, 1.54) is 11.1 Å². The Hall–Kier alpha value is -2.81. The number of aliphatic carboxylic acids is 1. The van der Waals surface area contributed by atoms with E-state index in [2.05, 4.69) is 62.9 Å². The lowest BCUT2D eigenvalue weighted by Gasteiger charge is -2.34. The zero-order valence-electron chi connectivity index (χ0n) is 22.8. The van der Waals surface area contributed by atoms with E-state index in [1.807, 2.05) is 33.8 Å². The maximum atomic E-state index is 10.7. The minimum atomic E-state index is -0.928. The summed E-state index contributed by atoms with van der Waals surface area (Å²) in [4.78, 5) is 10.7. The standard InChI is InChI=1S/C31H42O5/c1-8-31(9-2,24-12-10-23(21(3)18-24)11-16-28(33)30(5,6)7)25-13-15-27(22(4)19-25)36-20-26(32)14-17-29(34)35/h10,12-13,15,18-19,26,28,32-33H,8-9,14,17,20H2,1-7H3,(H,34,35)/t26-,28?/m1/s1. The molecule has 5 nitrogen and oxygen atoms in total. The van der Waals surface area contributed by atoms with E-state index in [-0.39, 0.29) is 30.3 Å². The smallest absolute Gasteiger partial charge is 0.303 e. The van der Waals surface area contributed by atoms with Crippen molar-refractivity contribution in [3.8, 4) is 17.6 Å². The second kappa shape index (κ2) is 12.4. The first-order valence-corrected chi connectivity index (χ1v) is 12.8. The lowest BCUT2D eigenvalue weighted by atomic mass is 9.70. The summed E-state index contributed by atoms with van der Waals surface area (Å²) in [5.74, 6) is 5.91. The number of ether oxygens (including phenoxy) is 1. The fraction of sp³-hybridized carbons (Fsp3) is 0.516. The van der Waals surface area contributed by atoms with Crippen LogP contribution in [0.5, 0.6) is 5.75 Å². The molecule has 2 atom stereocenters. The highest BCUT2D eigenvalue weighted by atomic mass is 16.5. The Labute approximate surface area is 216 Å². The molecule has 2 aromatic rings. The minimum absolute atomic E-state index is 0.0613. The third-order valence-electron chi connectivity index (χ3n) is 7.00. The molecule has 0 radical (unpaired) electrons. The van der Waals surface area contributed by atoms with Gasteiger partial charge in [0.15, 0.2) is 0 Å². The quantitative estimate of drug-likeness (QED) is 0.365. The average molecular weight is 495 g/mol. The van der Waals surface area contributed by atoms with Gasteiger partial charge < -0.3 is 20.1 Å². The van der Waals surface area contributed by atoms with Crippen molar-refractivity contribution in [2.45, 2.75) is 91.8 Å². The van der Waals surface area contributed by atoms with Crippen LogP contribution >= 0.6 is 0 Å². The number of benzene rings is 2. The van der Waals surface area contributed by atoms with Crippen LogP contribution in [0, 0.1) is 31.1 Å². The lowest BCUT2D eigenvalue weighted by Crippen LogP contribution is -2.26. The number of aliphatic hydroxyl groups excluding tert-OH is 2. The average Bonchev–Trinajstić information content (AvgIpc) is 2.82. The molecule has 5 heteroatoms. The van der Waals surface area contributed by atoms with Crippen molar-refractivity contribution in [3.05, 3.63) is 64.2 Å². The van der Waals surface area contributed by atoms with Crippen LogP contribution in [0.2, 0.25) is 0 Å². The minimum Gasteiger partial charge on any atom is -0.491 e. The molecule has 0 saturated heterocycles. The number of aliphatic hydroxyl groups is 2. The number of carboxylic acid groups (broad SMARTS) is 1. The third-order valence-corrected chi connectivity index (χ3v) is 7.00. The van der Waals surface area contributed by atoms with Crippen LogP contribution in [-0.2, 0) is 10.2 Å². The second-order valence-corrected chi connectivity index (χ2v) is 10.7. The highest BCUT2D eigenvalue weighted by molar-refractivity contribution is 5.66. The maximum absolute atomic E-state index is 10.7. The van der Waals surface area contributed by atoms with Gasteiger partial charge in [0.25, 0.3) is 0 Å². The van der Waals surface area contributed by atoms with E-state index >= 15 is 0 Å². The van der Waals surface area contributed by atoms with Gasteiger partial charge >= 0.3 is 5.97 Å². The molecule has 2 rings (SSSR count). The predicted octanol–water partition coefficient (Wildman–Crippen LogP) is 5.77. The van der Waals surface area contributed by atoms with Gasteiger partial charge in [-0.3, -0.25) is 4.79 Å². The number of hydrogen-bond donors (Lipinski definition) is 3. The maximum Gasteiger partial charge on any atom is 0.303 e. The first-order valence-electron chi connectivity index (χ1n) is 12.8. The van der Waals surface area contributed by atoms with Crippen molar-refractivity contribution in [2.75, 3.05) is 6.61 Å². The summed E-state index contributed by atoms with van der Waals surface area (Å²) >= 11 is 0. The monoisotopic (exact) mass is 494 g/mol. The van der Waals surface area contributed by atoms with Crippen molar-refractivity contribution < 1.29 is 24.9 Å². The van der Waals surface area contributed by atoms with E-state index < -0.39 is 18.2 Å². The van der Waals surface area contributed by atoms with E-state index in [4.69, 9.17) is 9.84 Å². The van der Waals surface area contributed by atoms with Crippen molar-refractivity contribution in [2.24, 2.45) is 5.41 Å². The molecule has 0 aliphatic carbocycles. The Morgan fingerprint density at radius 2 is 1.56 bits per heavy atom. The molecule has 1 unspecified atom stereocenters. The van der Waals surface area contributed by atoms with Crippen molar-refractivity contribution in [1.29, 1.82) is 0 Å². The molecule has 36 heavy (non-hydrogen) atoms. The second-order valence-electron chi connectivity index (χ2n) is 10.7.